The zero-order valence-corrected chi connectivity index (χ0v) is 9.34. The van der Waals surface area contributed by atoms with Crippen molar-refractivity contribution in [2.45, 2.75) is 6.92 Å². The van der Waals surface area contributed by atoms with Gasteiger partial charge in [-0.05, 0) is 6.92 Å². The van der Waals surface area contributed by atoms with Gasteiger partial charge in [0.1, 0.15) is 0 Å². The largest absolute Gasteiger partial charge is 0.336 e. The highest BCUT2D eigenvalue weighted by Crippen LogP contribution is 2.02. The number of nitrogens with zero attached hydrogens (tertiary/aromatic N) is 4. The highest BCUT2D eigenvalue weighted by molar-refractivity contribution is 5.70. The molecule has 6 nitrogen and oxygen atoms in total. The quantitative estimate of drug-likeness (QED) is 0.675. The molecule has 0 saturated carbocycles. The molecular formula is C10H12N4O2. The Morgan fingerprint density at radius 1 is 1.31 bits per heavy atom. The van der Waals surface area contributed by atoms with Crippen molar-refractivity contribution < 1.29 is 0 Å². The van der Waals surface area contributed by atoms with Crippen LogP contribution >= 0.6 is 0 Å². The van der Waals surface area contributed by atoms with Crippen molar-refractivity contribution in [2.24, 2.45) is 14.1 Å². The van der Waals surface area contributed by atoms with Gasteiger partial charge < -0.3 is 4.57 Å². The van der Waals surface area contributed by atoms with Gasteiger partial charge in [0.2, 0.25) is 0 Å². The fourth-order valence-corrected chi connectivity index (χ4v) is 1.64. The minimum Gasteiger partial charge on any atom is -0.328 e. The Morgan fingerprint density at radius 2 is 2.00 bits per heavy atom. The van der Waals surface area contributed by atoms with E-state index in [4.69, 9.17) is 0 Å². The van der Waals surface area contributed by atoms with Crippen LogP contribution in [0.1, 0.15) is 6.92 Å². The Labute approximate surface area is 91.1 Å². The highest BCUT2D eigenvalue weighted by Gasteiger charge is 2.12. The number of rotatable bonds is 1. The summed E-state index contributed by atoms with van der Waals surface area (Å²) in [5.74, 6) is 0. The van der Waals surface area contributed by atoms with Crippen LogP contribution in [0.15, 0.2) is 22.0 Å². The minimum absolute atomic E-state index is 0.351. The van der Waals surface area contributed by atoms with Crippen molar-refractivity contribution in [1.29, 1.82) is 0 Å². The normalized spacial score (nSPS) is 11.7. The van der Waals surface area contributed by atoms with Gasteiger partial charge in [-0.2, -0.15) is 0 Å². The maximum atomic E-state index is 12.0. The number of aryl methyl sites for hydroxylation is 2. The molecule has 0 aliphatic rings. The first-order valence-corrected chi connectivity index (χ1v) is 4.83. The van der Waals surface area contributed by atoms with Crippen LogP contribution in [0.3, 0.4) is 0 Å². The average molecular weight is 220 g/mol. The molecule has 2 aromatic heterocycles. The van der Waals surface area contributed by atoms with Crippen molar-refractivity contribution in [3.8, 4) is 0 Å². The van der Waals surface area contributed by atoms with E-state index in [2.05, 4.69) is 4.98 Å². The predicted molar refractivity (Wildman–Crippen MR) is 61.2 cm³/mol. The van der Waals surface area contributed by atoms with Gasteiger partial charge in [-0.25, -0.2) is 14.3 Å². The summed E-state index contributed by atoms with van der Waals surface area (Å²) in [6.07, 6.45) is 4.62. The first-order chi connectivity index (χ1) is 7.57. The summed E-state index contributed by atoms with van der Waals surface area (Å²) < 4.78 is 4.04. The SMILES string of the molecule is CC=Cn1c(=O)c2c(ncn2C)n(C)c1=O. The monoisotopic (exact) mass is 220 g/mol. The van der Waals surface area contributed by atoms with Crippen LogP contribution in [0.25, 0.3) is 17.4 Å². The third kappa shape index (κ3) is 1.23. The van der Waals surface area contributed by atoms with Crippen LogP contribution in [-0.4, -0.2) is 18.7 Å². The Bertz CT molecular complexity index is 687. The van der Waals surface area contributed by atoms with E-state index in [1.165, 1.54) is 17.1 Å². The van der Waals surface area contributed by atoms with E-state index in [0.717, 1.165) is 4.57 Å². The molecule has 0 aliphatic carbocycles. The first-order valence-electron chi connectivity index (χ1n) is 4.83. The van der Waals surface area contributed by atoms with Crippen LogP contribution in [-0.2, 0) is 14.1 Å². The summed E-state index contributed by atoms with van der Waals surface area (Å²) in [5.41, 5.74) is 0.0731. The second-order valence-corrected chi connectivity index (χ2v) is 3.53. The maximum Gasteiger partial charge on any atom is 0.336 e. The second kappa shape index (κ2) is 3.48. The van der Waals surface area contributed by atoms with Gasteiger partial charge in [0.25, 0.3) is 5.56 Å². The van der Waals surface area contributed by atoms with E-state index in [1.807, 2.05) is 0 Å². The Hall–Kier alpha value is -2.11. The summed E-state index contributed by atoms with van der Waals surface area (Å²) in [6, 6.07) is 0. The molecule has 0 bridgehead atoms. The molecule has 0 aromatic carbocycles. The number of imidazole rings is 1. The van der Waals surface area contributed by atoms with E-state index in [9.17, 15) is 9.59 Å². The summed E-state index contributed by atoms with van der Waals surface area (Å²) in [4.78, 5) is 27.9. The van der Waals surface area contributed by atoms with Crippen LogP contribution in [0.4, 0.5) is 0 Å². The number of fused-ring (bicyclic) bond motifs is 1. The topological polar surface area (TPSA) is 61.8 Å². The molecular weight excluding hydrogens is 208 g/mol. The third-order valence-corrected chi connectivity index (χ3v) is 2.45. The predicted octanol–water partition coefficient (Wildman–Crippen LogP) is -0.0757. The molecule has 0 spiro atoms. The van der Waals surface area contributed by atoms with Gasteiger partial charge in [0.05, 0.1) is 6.33 Å². The zero-order valence-electron chi connectivity index (χ0n) is 9.34. The molecule has 0 aliphatic heterocycles. The lowest BCUT2D eigenvalue weighted by Gasteiger charge is -2.03. The van der Waals surface area contributed by atoms with E-state index in [1.54, 1.807) is 31.7 Å². The first kappa shape index (κ1) is 10.4. The van der Waals surface area contributed by atoms with E-state index in [0.29, 0.717) is 11.2 Å². The van der Waals surface area contributed by atoms with Gasteiger partial charge >= 0.3 is 5.69 Å². The lowest BCUT2D eigenvalue weighted by atomic mass is 10.5. The fraction of sp³-hybridized carbons (Fsp3) is 0.300. The van der Waals surface area contributed by atoms with Gasteiger partial charge in [-0.15, -0.1) is 0 Å². The van der Waals surface area contributed by atoms with E-state index in [-0.39, 0.29) is 5.56 Å². The molecule has 2 aromatic rings. The summed E-state index contributed by atoms with van der Waals surface area (Å²) in [5, 5.41) is 0. The number of hydrogen-bond acceptors (Lipinski definition) is 3. The van der Waals surface area contributed by atoms with E-state index < -0.39 is 5.69 Å². The number of aromatic nitrogens is 4. The lowest BCUT2D eigenvalue weighted by molar-refractivity contribution is 0.782. The standard InChI is InChI=1S/C10H12N4O2/c1-4-5-14-9(15)7-8(11-6-12(7)2)13(3)10(14)16/h4-6H,1-3H3. The summed E-state index contributed by atoms with van der Waals surface area (Å²) >= 11 is 0. The fourth-order valence-electron chi connectivity index (χ4n) is 1.64. The van der Waals surface area contributed by atoms with Gasteiger partial charge in [-0.1, -0.05) is 6.08 Å². The van der Waals surface area contributed by atoms with Crippen molar-refractivity contribution in [1.82, 2.24) is 18.7 Å². The molecule has 2 rings (SSSR count). The summed E-state index contributed by atoms with van der Waals surface area (Å²) in [7, 11) is 3.32. The smallest absolute Gasteiger partial charge is 0.328 e. The third-order valence-electron chi connectivity index (χ3n) is 2.45. The Kier molecular flexibility index (Phi) is 2.26. The molecule has 84 valence electrons. The molecule has 16 heavy (non-hydrogen) atoms. The molecule has 0 radical (unpaired) electrons. The van der Waals surface area contributed by atoms with Crippen molar-refractivity contribution >= 4 is 17.4 Å². The molecule has 0 saturated heterocycles. The van der Waals surface area contributed by atoms with Crippen LogP contribution in [0.2, 0.25) is 0 Å². The zero-order chi connectivity index (χ0) is 11.9. The minimum atomic E-state index is -0.394. The molecule has 6 heteroatoms. The van der Waals surface area contributed by atoms with Crippen molar-refractivity contribution in [2.75, 3.05) is 0 Å². The number of hydrogen-bond donors (Lipinski definition) is 0. The molecule has 0 unspecified atom stereocenters. The van der Waals surface area contributed by atoms with Gasteiger partial charge in [0.15, 0.2) is 11.2 Å². The molecule has 2 heterocycles. The van der Waals surface area contributed by atoms with Crippen molar-refractivity contribution in [3.63, 3.8) is 0 Å². The van der Waals surface area contributed by atoms with Gasteiger partial charge in [0, 0.05) is 20.3 Å². The maximum absolute atomic E-state index is 12.0. The summed E-state index contributed by atoms with van der Waals surface area (Å²) in [6.45, 7) is 1.75. The Morgan fingerprint density at radius 3 is 2.62 bits per heavy atom. The van der Waals surface area contributed by atoms with Crippen LogP contribution < -0.4 is 11.2 Å². The van der Waals surface area contributed by atoms with E-state index >= 15 is 0 Å². The van der Waals surface area contributed by atoms with Crippen molar-refractivity contribution in [3.05, 3.63) is 33.2 Å². The molecule has 0 amide bonds. The lowest BCUT2D eigenvalue weighted by Crippen LogP contribution is -2.36. The average Bonchev–Trinajstić information content (AvgIpc) is 2.64. The van der Waals surface area contributed by atoms with Gasteiger partial charge in [-0.3, -0.25) is 9.36 Å². The molecule has 0 atom stereocenters. The van der Waals surface area contributed by atoms with Crippen LogP contribution in [0, 0.1) is 0 Å². The van der Waals surface area contributed by atoms with Crippen LogP contribution in [0.5, 0.6) is 0 Å². The molecule has 0 N–H and O–H groups in total. The highest BCUT2D eigenvalue weighted by atomic mass is 16.2. The number of allylic oxidation sites excluding steroid dienone is 1. The Balaban J connectivity index is 3.10. The molecule has 0 fully saturated rings. The second-order valence-electron chi connectivity index (χ2n) is 3.53.